The summed E-state index contributed by atoms with van der Waals surface area (Å²) in [6, 6.07) is 5.19. The van der Waals surface area contributed by atoms with E-state index in [9.17, 15) is 13.6 Å². The fraction of sp³-hybridized carbons (Fsp3) is 0.222. The Morgan fingerprint density at radius 2 is 2.07 bits per heavy atom. The number of para-hydroxylation sites is 1. The number of rotatable bonds is 3. The molecule has 0 spiro atoms. The summed E-state index contributed by atoms with van der Waals surface area (Å²) in [6.07, 6.45) is -2.31. The quantitative estimate of drug-likeness (QED) is 0.699. The molecular formula is C9H8F2O3. The lowest BCUT2D eigenvalue weighted by Gasteiger charge is -2.09. The number of carbonyl (C=O) groups is 1. The molecule has 0 N–H and O–H groups in total. The number of ether oxygens (including phenoxy) is 2. The molecule has 3 nitrogen and oxygen atoms in total. The van der Waals surface area contributed by atoms with Crippen LogP contribution < -0.4 is 4.74 Å². The minimum absolute atomic E-state index is 0.328. The highest BCUT2D eigenvalue weighted by molar-refractivity contribution is 5.73. The molecule has 1 atom stereocenters. The number of hydrogen-bond acceptors (Lipinski definition) is 3. The molecule has 76 valence electrons. The maximum Gasteiger partial charge on any atom is 0.380 e. The minimum Gasteiger partial charge on any atom is -0.464 e. The van der Waals surface area contributed by atoms with Gasteiger partial charge in [0.2, 0.25) is 0 Å². The van der Waals surface area contributed by atoms with Gasteiger partial charge in [-0.05, 0) is 12.1 Å². The lowest BCUT2D eigenvalue weighted by atomic mass is 10.3. The van der Waals surface area contributed by atoms with Crippen molar-refractivity contribution in [3.05, 3.63) is 30.1 Å². The predicted octanol–water partition coefficient (Wildman–Crippen LogP) is 1.67. The first-order chi connectivity index (χ1) is 6.65. The molecule has 0 amide bonds. The average Bonchev–Trinajstić information content (AvgIpc) is 2.20. The van der Waals surface area contributed by atoms with Crippen molar-refractivity contribution in [3.8, 4) is 5.75 Å². The van der Waals surface area contributed by atoms with Crippen LogP contribution in [0.15, 0.2) is 24.3 Å². The van der Waals surface area contributed by atoms with E-state index in [1.54, 1.807) is 0 Å². The topological polar surface area (TPSA) is 35.5 Å². The van der Waals surface area contributed by atoms with Crippen molar-refractivity contribution >= 4 is 5.97 Å². The van der Waals surface area contributed by atoms with Crippen molar-refractivity contribution in [2.75, 3.05) is 7.11 Å². The molecule has 0 saturated carbocycles. The van der Waals surface area contributed by atoms with Gasteiger partial charge in [0, 0.05) is 0 Å². The minimum atomic E-state index is -2.31. The number of methoxy groups -OCH3 is 1. The largest absolute Gasteiger partial charge is 0.464 e. The van der Waals surface area contributed by atoms with Crippen molar-refractivity contribution < 1.29 is 23.0 Å². The van der Waals surface area contributed by atoms with Gasteiger partial charge in [-0.15, -0.1) is 0 Å². The molecule has 1 unspecified atom stereocenters. The van der Waals surface area contributed by atoms with E-state index in [2.05, 4.69) is 9.47 Å². The van der Waals surface area contributed by atoms with Crippen LogP contribution in [0.2, 0.25) is 0 Å². The normalized spacial score (nSPS) is 11.9. The standard InChI is InChI=1S/C9H8F2O3/c1-13-9(12)8(11)14-7-5-3-2-4-6(7)10/h2-5,8H,1H3. The third-order valence-electron chi connectivity index (χ3n) is 1.45. The van der Waals surface area contributed by atoms with E-state index in [1.807, 2.05) is 0 Å². The second-order valence-electron chi connectivity index (χ2n) is 2.39. The van der Waals surface area contributed by atoms with Crippen LogP contribution in [0.5, 0.6) is 5.75 Å². The summed E-state index contributed by atoms with van der Waals surface area (Å²) in [5, 5.41) is 0. The number of halogens is 2. The lowest BCUT2D eigenvalue weighted by Crippen LogP contribution is -2.23. The van der Waals surface area contributed by atoms with Gasteiger partial charge in [0.1, 0.15) is 0 Å². The Labute approximate surface area is 79.2 Å². The van der Waals surface area contributed by atoms with Gasteiger partial charge in [-0.1, -0.05) is 12.1 Å². The number of hydrogen-bond donors (Lipinski definition) is 0. The van der Waals surface area contributed by atoms with Crippen LogP contribution in [-0.2, 0) is 9.53 Å². The van der Waals surface area contributed by atoms with Gasteiger partial charge >= 0.3 is 12.3 Å². The molecule has 0 aliphatic rings. The van der Waals surface area contributed by atoms with E-state index in [1.165, 1.54) is 18.2 Å². The SMILES string of the molecule is COC(=O)C(F)Oc1ccccc1F. The Morgan fingerprint density at radius 1 is 1.43 bits per heavy atom. The molecule has 0 radical (unpaired) electrons. The summed E-state index contributed by atoms with van der Waals surface area (Å²) in [7, 11) is 1.01. The molecule has 0 saturated heterocycles. The van der Waals surface area contributed by atoms with Crippen LogP contribution in [0, 0.1) is 5.82 Å². The highest BCUT2D eigenvalue weighted by Gasteiger charge is 2.20. The van der Waals surface area contributed by atoms with Crippen molar-refractivity contribution in [3.63, 3.8) is 0 Å². The zero-order chi connectivity index (χ0) is 10.6. The molecule has 0 aromatic heterocycles. The van der Waals surface area contributed by atoms with Gasteiger partial charge in [-0.2, -0.15) is 4.39 Å². The first-order valence-electron chi connectivity index (χ1n) is 3.78. The fourth-order valence-corrected chi connectivity index (χ4v) is 0.793. The number of benzene rings is 1. The van der Waals surface area contributed by atoms with E-state index in [4.69, 9.17) is 0 Å². The molecule has 5 heteroatoms. The zero-order valence-electron chi connectivity index (χ0n) is 7.37. The van der Waals surface area contributed by atoms with E-state index in [0.717, 1.165) is 13.2 Å². The van der Waals surface area contributed by atoms with Gasteiger partial charge in [-0.25, -0.2) is 9.18 Å². The molecule has 0 fully saturated rings. The molecule has 0 bridgehead atoms. The van der Waals surface area contributed by atoms with E-state index in [-0.39, 0.29) is 5.75 Å². The number of carbonyl (C=O) groups excluding carboxylic acids is 1. The van der Waals surface area contributed by atoms with Crippen LogP contribution >= 0.6 is 0 Å². The maximum atomic E-state index is 12.9. The molecule has 1 aromatic rings. The Kier molecular flexibility index (Phi) is 3.39. The Morgan fingerprint density at radius 3 is 2.64 bits per heavy atom. The summed E-state index contributed by atoms with van der Waals surface area (Å²) < 4.78 is 34.1. The first-order valence-corrected chi connectivity index (χ1v) is 3.78. The highest BCUT2D eigenvalue weighted by atomic mass is 19.1. The molecule has 1 rings (SSSR count). The van der Waals surface area contributed by atoms with Crippen LogP contribution in [0.3, 0.4) is 0 Å². The smallest absolute Gasteiger partial charge is 0.380 e. The Balaban J connectivity index is 2.69. The molecule has 1 aromatic carbocycles. The fourth-order valence-electron chi connectivity index (χ4n) is 0.793. The van der Waals surface area contributed by atoms with Gasteiger partial charge in [0.15, 0.2) is 11.6 Å². The third kappa shape index (κ3) is 2.42. The molecular weight excluding hydrogens is 194 g/mol. The first kappa shape index (κ1) is 10.4. The lowest BCUT2D eigenvalue weighted by molar-refractivity contribution is -0.157. The summed E-state index contributed by atoms with van der Waals surface area (Å²) in [5.74, 6) is -2.27. The molecule has 0 heterocycles. The predicted molar refractivity (Wildman–Crippen MR) is 43.9 cm³/mol. The second-order valence-corrected chi connectivity index (χ2v) is 2.39. The van der Waals surface area contributed by atoms with Crippen molar-refractivity contribution in [1.82, 2.24) is 0 Å². The molecule has 14 heavy (non-hydrogen) atoms. The monoisotopic (exact) mass is 202 g/mol. The Hall–Kier alpha value is -1.65. The van der Waals surface area contributed by atoms with Crippen LogP contribution in [0.1, 0.15) is 0 Å². The summed E-state index contributed by atoms with van der Waals surface area (Å²) >= 11 is 0. The molecule has 0 aliphatic heterocycles. The van der Waals surface area contributed by atoms with Crippen molar-refractivity contribution in [1.29, 1.82) is 0 Å². The molecule has 0 aliphatic carbocycles. The van der Waals surface area contributed by atoms with Crippen molar-refractivity contribution in [2.45, 2.75) is 6.36 Å². The van der Waals surface area contributed by atoms with E-state index >= 15 is 0 Å². The van der Waals surface area contributed by atoms with Gasteiger partial charge in [0.25, 0.3) is 0 Å². The van der Waals surface area contributed by atoms with Crippen LogP contribution in [0.4, 0.5) is 8.78 Å². The van der Waals surface area contributed by atoms with Gasteiger partial charge < -0.3 is 9.47 Å². The number of esters is 1. The Bertz CT molecular complexity index is 328. The summed E-state index contributed by atoms with van der Waals surface area (Å²) in [6.45, 7) is 0. The number of alkyl halides is 1. The van der Waals surface area contributed by atoms with Gasteiger partial charge in [-0.3, -0.25) is 0 Å². The maximum absolute atomic E-state index is 12.9. The summed E-state index contributed by atoms with van der Waals surface area (Å²) in [4.78, 5) is 10.6. The van der Waals surface area contributed by atoms with Gasteiger partial charge in [0.05, 0.1) is 7.11 Å². The van der Waals surface area contributed by atoms with Crippen molar-refractivity contribution in [2.24, 2.45) is 0 Å². The average molecular weight is 202 g/mol. The highest BCUT2D eigenvalue weighted by Crippen LogP contribution is 2.17. The summed E-state index contributed by atoms with van der Waals surface area (Å²) in [5.41, 5.74) is 0. The van der Waals surface area contributed by atoms with E-state index in [0.29, 0.717) is 0 Å². The third-order valence-corrected chi connectivity index (χ3v) is 1.45. The van der Waals surface area contributed by atoms with Crippen LogP contribution in [0.25, 0.3) is 0 Å². The second kappa shape index (κ2) is 4.55. The van der Waals surface area contributed by atoms with Crippen LogP contribution in [-0.4, -0.2) is 19.4 Å². The zero-order valence-corrected chi connectivity index (χ0v) is 7.37. The van der Waals surface area contributed by atoms with E-state index < -0.39 is 18.1 Å².